The highest BCUT2D eigenvalue weighted by Crippen LogP contribution is 2.36. The van der Waals surface area contributed by atoms with Gasteiger partial charge in [0.1, 0.15) is 0 Å². The summed E-state index contributed by atoms with van der Waals surface area (Å²) >= 11 is 0. The number of benzene rings is 1. The molecule has 0 radical (unpaired) electrons. The van der Waals surface area contributed by atoms with Gasteiger partial charge in [0.15, 0.2) is 0 Å². The number of carbonyl (C=O) groups excluding carboxylic acids is 2. The number of nitrogens with zero attached hydrogens (tertiary/aromatic N) is 3. The Morgan fingerprint density at radius 3 is 2.79 bits per heavy atom. The fourth-order valence-corrected chi connectivity index (χ4v) is 4.07. The fraction of sp³-hybridized carbons (Fsp3) is 0.348. The van der Waals surface area contributed by atoms with Crippen LogP contribution in [0.25, 0.3) is 10.9 Å². The summed E-state index contributed by atoms with van der Waals surface area (Å²) in [4.78, 5) is 35.0. The molecule has 1 aliphatic heterocycles. The molecule has 2 aromatic heterocycles. The van der Waals surface area contributed by atoms with E-state index in [0.29, 0.717) is 12.5 Å². The SMILES string of the molecule is CC(C)/C=C/C1C(c2c[nH]c3ccccc23)C(=O)C(=O)N1CCCn1ccnc1. The second kappa shape index (κ2) is 8.07. The lowest BCUT2D eigenvalue weighted by Crippen LogP contribution is -2.35. The number of hydrogen-bond donors (Lipinski definition) is 1. The highest BCUT2D eigenvalue weighted by Gasteiger charge is 2.47. The molecule has 29 heavy (non-hydrogen) atoms. The van der Waals surface area contributed by atoms with Gasteiger partial charge < -0.3 is 14.5 Å². The molecular weight excluding hydrogens is 364 g/mol. The largest absolute Gasteiger partial charge is 0.361 e. The molecule has 1 amide bonds. The number of carbonyl (C=O) groups is 2. The number of aromatic amines is 1. The molecule has 3 aromatic rings. The minimum absolute atomic E-state index is 0.264. The molecule has 2 atom stereocenters. The van der Waals surface area contributed by atoms with Crippen molar-refractivity contribution in [3.8, 4) is 0 Å². The number of para-hydroxylation sites is 1. The van der Waals surface area contributed by atoms with Gasteiger partial charge in [0.25, 0.3) is 5.91 Å². The van der Waals surface area contributed by atoms with Gasteiger partial charge in [-0.25, -0.2) is 4.98 Å². The average Bonchev–Trinajstić information content (AvgIpc) is 3.42. The maximum absolute atomic E-state index is 13.1. The molecule has 0 aliphatic carbocycles. The summed E-state index contributed by atoms with van der Waals surface area (Å²) in [5.41, 5.74) is 1.88. The number of Topliss-reactive ketones (excluding diaryl/α,β-unsaturated/α-hetero) is 1. The van der Waals surface area contributed by atoms with Gasteiger partial charge in [-0.1, -0.05) is 44.2 Å². The van der Waals surface area contributed by atoms with Crippen LogP contribution in [0.3, 0.4) is 0 Å². The number of nitrogens with one attached hydrogen (secondary N) is 1. The molecule has 4 rings (SSSR count). The lowest BCUT2D eigenvalue weighted by Gasteiger charge is -2.25. The predicted molar refractivity (Wildman–Crippen MR) is 112 cm³/mol. The van der Waals surface area contributed by atoms with Crippen molar-refractivity contribution in [2.75, 3.05) is 6.54 Å². The maximum Gasteiger partial charge on any atom is 0.291 e. The standard InChI is InChI=1S/C23H26N4O2/c1-16(2)8-9-20-21(18-14-25-19-7-4-3-6-17(18)19)22(28)23(29)27(20)12-5-11-26-13-10-24-15-26/h3-4,6-10,13-16,20-21,25H,5,11-12H2,1-2H3/b9-8+. The Kier molecular flexibility index (Phi) is 5.34. The van der Waals surface area contributed by atoms with Crippen LogP contribution in [0.1, 0.15) is 31.7 Å². The molecule has 1 aromatic carbocycles. The fourth-order valence-electron chi connectivity index (χ4n) is 4.07. The first-order valence-corrected chi connectivity index (χ1v) is 10.1. The zero-order chi connectivity index (χ0) is 20.4. The molecule has 2 unspecified atom stereocenters. The lowest BCUT2D eigenvalue weighted by molar-refractivity contribution is -0.140. The summed E-state index contributed by atoms with van der Waals surface area (Å²) in [6, 6.07) is 7.65. The molecule has 0 spiro atoms. The Bertz CT molecular complexity index is 1030. The van der Waals surface area contributed by atoms with Gasteiger partial charge in [0, 0.05) is 42.6 Å². The third-order valence-electron chi connectivity index (χ3n) is 5.48. The molecule has 1 saturated heterocycles. The van der Waals surface area contributed by atoms with E-state index in [1.54, 1.807) is 17.4 Å². The highest BCUT2D eigenvalue weighted by molar-refractivity contribution is 6.41. The summed E-state index contributed by atoms with van der Waals surface area (Å²) in [5, 5.41) is 1.00. The van der Waals surface area contributed by atoms with Crippen LogP contribution in [-0.4, -0.2) is 43.7 Å². The number of aryl methyl sites for hydroxylation is 1. The predicted octanol–water partition coefficient (Wildman–Crippen LogP) is 3.53. The first-order chi connectivity index (χ1) is 14.1. The first-order valence-electron chi connectivity index (χ1n) is 10.1. The van der Waals surface area contributed by atoms with Crippen molar-refractivity contribution in [1.29, 1.82) is 0 Å². The molecular formula is C23H26N4O2. The molecule has 6 nitrogen and oxygen atoms in total. The summed E-state index contributed by atoms with van der Waals surface area (Å²) in [5.74, 6) is -0.848. The van der Waals surface area contributed by atoms with E-state index >= 15 is 0 Å². The molecule has 1 aliphatic rings. The van der Waals surface area contributed by atoms with Gasteiger partial charge in [-0.15, -0.1) is 0 Å². The van der Waals surface area contributed by atoms with Crippen LogP contribution in [0.4, 0.5) is 0 Å². The Morgan fingerprint density at radius 1 is 1.21 bits per heavy atom. The molecule has 1 N–H and O–H groups in total. The van der Waals surface area contributed by atoms with Gasteiger partial charge in [-0.3, -0.25) is 9.59 Å². The van der Waals surface area contributed by atoms with Crippen molar-refractivity contribution in [1.82, 2.24) is 19.4 Å². The third-order valence-corrected chi connectivity index (χ3v) is 5.48. The zero-order valence-corrected chi connectivity index (χ0v) is 16.8. The lowest BCUT2D eigenvalue weighted by atomic mass is 9.89. The van der Waals surface area contributed by atoms with Crippen LogP contribution in [0.5, 0.6) is 0 Å². The number of allylic oxidation sites excluding steroid dienone is 1. The van der Waals surface area contributed by atoms with Crippen molar-refractivity contribution < 1.29 is 9.59 Å². The minimum atomic E-state index is -0.484. The number of amides is 1. The maximum atomic E-state index is 13.1. The number of imidazole rings is 1. The van der Waals surface area contributed by atoms with Crippen molar-refractivity contribution >= 4 is 22.6 Å². The van der Waals surface area contributed by atoms with Gasteiger partial charge in [0.2, 0.25) is 5.78 Å². The van der Waals surface area contributed by atoms with Crippen molar-refractivity contribution in [3.63, 3.8) is 0 Å². The number of hydrogen-bond acceptors (Lipinski definition) is 3. The van der Waals surface area contributed by atoms with Gasteiger partial charge in [0.05, 0.1) is 18.3 Å². The number of aromatic nitrogens is 3. The van der Waals surface area contributed by atoms with E-state index in [1.807, 2.05) is 47.3 Å². The molecule has 0 saturated carbocycles. The van der Waals surface area contributed by atoms with Crippen LogP contribution in [0.15, 0.2) is 61.3 Å². The van der Waals surface area contributed by atoms with E-state index in [0.717, 1.165) is 29.4 Å². The Hall–Kier alpha value is -3.15. The topological polar surface area (TPSA) is 71.0 Å². The molecule has 3 heterocycles. The average molecular weight is 390 g/mol. The Labute approximate surface area is 170 Å². The van der Waals surface area contributed by atoms with E-state index in [-0.39, 0.29) is 17.7 Å². The summed E-state index contributed by atoms with van der Waals surface area (Å²) in [6.07, 6.45) is 12.2. The number of fused-ring (bicyclic) bond motifs is 1. The third kappa shape index (κ3) is 3.75. The quantitative estimate of drug-likeness (QED) is 0.496. The van der Waals surface area contributed by atoms with Crippen LogP contribution in [0.2, 0.25) is 0 Å². The van der Waals surface area contributed by atoms with Crippen molar-refractivity contribution in [2.45, 2.75) is 38.8 Å². The zero-order valence-electron chi connectivity index (χ0n) is 16.8. The van der Waals surface area contributed by atoms with Crippen LogP contribution in [0, 0.1) is 5.92 Å². The van der Waals surface area contributed by atoms with E-state index in [1.165, 1.54) is 0 Å². The number of H-pyrrole nitrogens is 1. The number of ketones is 1. The minimum Gasteiger partial charge on any atom is -0.361 e. The Balaban J connectivity index is 1.64. The number of likely N-dealkylation sites (tertiary alicyclic amines) is 1. The van der Waals surface area contributed by atoms with E-state index in [9.17, 15) is 9.59 Å². The molecule has 0 bridgehead atoms. The molecule has 6 heteroatoms. The second-order valence-electron chi connectivity index (χ2n) is 7.90. The number of rotatable bonds is 7. The first kappa shape index (κ1) is 19.2. The van der Waals surface area contributed by atoms with Crippen molar-refractivity contribution in [3.05, 3.63) is 66.9 Å². The molecule has 1 fully saturated rings. The van der Waals surface area contributed by atoms with Crippen LogP contribution < -0.4 is 0 Å². The Morgan fingerprint density at radius 2 is 2.03 bits per heavy atom. The van der Waals surface area contributed by atoms with Crippen LogP contribution >= 0.6 is 0 Å². The summed E-state index contributed by atoms with van der Waals surface area (Å²) in [6.45, 7) is 5.49. The summed E-state index contributed by atoms with van der Waals surface area (Å²) in [7, 11) is 0. The normalized spacial score (nSPS) is 20.0. The highest BCUT2D eigenvalue weighted by atomic mass is 16.2. The van der Waals surface area contributed by atoms with E-state index < -0.39 is 5.92 Å². The van der Waals surface area contributed by atoms with Gasteiger partial charge >= 0.3 is 0 Å². The van der Waals surface area contributed by atoms with E-state index in [2.05, 4.69) is 29.9 Å². The van der Waals surface area contributed by atoms with E-state index in [4.69, 9.17) is 0 Å². The van der Waals surface area contributed by atoms with Crippen LogP contribution in [-0.2, 0) is 16.1 Å². The monoisotopic (exact) mass is 390 g/mol. The second-order valence-corrected chi connectivity index (χ2v) is 7.90. The van der Waals surface area contributed by atoms with Crippen molar-refractivity contribution in [2.24, 2.45) is 5.92 Å². The van der Waals surface area contributed by atoms with Gasteiger partial charge in [-0.05, 0) is 24.0 Å². The molecule has 150 valence electrons. The smallest absolute Gasteiger partial charge is 0.291 e. The van der Waals surface area contributed by atoms with Gasteiger partial charge in [-0.2, -0.15) is 0 Å². The summed E-state index contributed by atoms with van der Waals surface area (Å²) < 4.78 is 1.98.